The van der Waals surface area contributed by atoms with Gasteiger partial charge in [-0.25, -0.2) is 0 Å². The number of nitrogens with zero attached hydrogens (tertiary/aromatic N) is 2. The lowest BCUT2D eigenvalue weighted by Gasteiger charge is -2.35. The van der Waals surface area contributed by atoms with Gasteiger partial charge in [0, 0.05) is 44.6 Å². The van der Waals surface area contributed by atoms with Crippen molar-refractivity contribution < 1.29 is 9.59 Å². The van der Waals surface area contributed by atoms with Gasteiger partial charge in [0.05, 0.1) is 11.4 Å². The fourth-order valence-corrected chi connectivity index (χ4v) is 4.62. The smallest absolute Gasteiger partial charge is 0.254 e. The Morgan fingerprint density at radius 3 is 2.61 bits per heavy atom. The molecule has 0 aliphatic carbocycles. The Morgan fingerprint density at radius 2 is 1.77 bits per heavy atom. The number of carbonyl (C=O) groups excluding carboxylic acids is 2. The molecular weight excluding hydrogens is 386 g/mol. The third-order valence-electron chi connectivity index (χ3n) is 6.29. The fraction of sp³-hybridized carbons (Fsp3) is 0.231. The highest BCUT2D eigenvalue weighted by molar-refractivity contribution is 6.01. The summed E-state index contributed by atoms with van der Waals surface area (Å²) in [5, 5.41) is 2.95. The molecule has 5 nitrogen and oxygen atoms in total. The summed E-state index contributed by atoms with van der Waals surface area (Å²) in [5.74, 6) is 0.104. The molecule has 156 valence electrons. The summed E-state index contributed by atoms with van der Waals surface area (Å²) >= 11 is 0. The first kappa shape index (κ1) is 19.4. The van der Waals surface area contributed by atoms with Gasteiger partial charge in [0.1, 0.15) is 0 Å². The molecule has 0 saturated carbocycles. The molecule has 5 rings (SSSR count). The van der Waals surface area contributed by atoms with Crippen molar-refractivity contribution in [3.63, 3.8) is 0 Å². The van der Waals surface area contributed by atoms with E-state index in [1.54, 1.807) is 0 Å². The zero-order valence-corrected chi connectivity index (χ0v) is 17.5. The van der Waals surface area contributed by atoms with Crippen molar-refractivity contribution >= 4 is 23.2 Å². The van der Waals surface area contributed by atoms with Crippen molar-refractivity contribution in [2.45, 2.75) is 18.9 Å². The average Bonchev–Trinajstić information content (AvgIpc) is 2.95. The van der Waals surface area contributed by atoms with Crippen LogP contribution in [-0.4, -0.2) is 36.9 Å². The van der Waals surface area contributed by atoms with E-state index in [0.29, 0.717) is 37.3 Å². The zero-order valence-electron chi connectivity index (χ0n) is 17.5. The van der Waals surface area contributed by atoms with E-state index >= 15 is 0 Å². The summed E-state index contributed by atoms with van der Waals surface area (Å²) in [5.41, 5.74) is 5.91. The number of benzene rings is 3. The van der Waals surface area contributed by atoms with Gasteiger partial charge in [-0.15, -0.1) is 0 Å². The number of hydrogen-bond acceptors (Lipinski definition) is 3. The third kappa shape index (κ3) is 3.67. The van der Waals surface area contributed by atoms with Crippen LogP contribution >= 0.6 is 0 Å². The van der Waals surface area contributed by atoms with Crippen molar-refractivity contribution in [2.75, 3.05) is 30.4 Å². The number of anilines is 2. The average molecular weight is 412 g/mol. The summed E-state index contributed by atoms with van der Waals surface area (Å²) in [6, 6.07) is 24.4. The van der Waals surface area contributed by atoms with Gasteiger partial charge >= 0.3 is 0 Å². The molecule has 0 fully saturated rings. The van der Waals surface area contributed by atoms with Gasteiger partial charge in [0.25, 0.3) is 5.91 Å². The number of fused-ring (bicyclic) bond motifs is 2. The van der Waals surface area contributed by atoms with E-state index in [1.165, 1.54) is 16.7 Å². The van der Waals surface area contributed by atoms with Gasteiger partial charge in [-0.2, -0.15) is 0 Å². The quantitative estimate of drug-likeness (QED) is 0.686. The molecule has 2 aliphatic heterocycles. The third-order valence-corrected chi connectivity index (χ3v) is 6.29. The standard InChI is InChI=1S/C26H25N3O2/c1-28-14-13-25(30)27-23-15-19(11-12-24(23)28)26(31)29-16-20-9-5-6-10-21(20)22(17-29)18-7-3-2-4-8-18/h2-12,15,22H,13-14,16-17H2,1H3,(H,27,30). The van der Waals surface area contributed by atoms with E-state index in [0.717, 1.165) is 5.69 Å². The Morgan fingerprint density at radius 1 is 1.00 bits per heavy atom. The minimum atomic E-state index is -0.0220. The first-order chi connectivity index (χ1) is 15.1. The topological polar surface area (TPSA) is 52.7 Å². The van der Waals surface area contributed by atoms with Crippen LogP contribution in [0.15, 0.2) is 72.8 Å². The molecule has 2 amide bonds. The van der Waals surface area contributed by atoms with Crippen LogP contribution in [0.4, 0.5) is 11.4 Å². The summed E-state index contributed by atoms with van der Waals surface area (Å²) < 4.78 is 0. The number of hydrogen-bond donors (Lipinski definition) is 1. The molecule has 3 aromatic rings. The first-order valence-electron chi connectivity index (χ1n) is 10.7. The van der Waals surface area contributed by atoms with Gasteiger partial charge in [0.15, 0.2) is 0 Å². The molecule has 1 atom stereocenters. The van der Waals surface area contributed by atoms with Gasteiger partial charge in [-0.05, 0) is 34.9 Å². The monoisotopic (exact) mass is 411 g/mol. The van der Waals surface area contributed by atoms with Crippen LogP contribution in [0.3, 0.4) is 0 Å². The second-order valence-corrected chi connectivity index (χ2v) is 8.30. The summed E-state index contributed by atoms with van der Waals surface area (Å²) in [6.07, 6.45) is 0.441. The lowest BCUT2D eigenvalue weighted by molar-refractivity contribution is -0.115. The van der Waals surface area contributed by atoms with Crippen molar-refractivity contribution in [1.29, 1.82) is 0 Å². The van der Waals surface area contributed by atoms with Gasteiger partial charge in [-0.1, -0.05) is 54.6 Å². The summed E-state index contributed by atoms with van der Waals surface area (Å²) in [7, 11) is 1.96. The molecule has 1 unspecified atom stereocenters. The highest BCUT2D eigenvalue weighted by Gasteiger charge is 2.30. The number of carbonyl (C=O) groups is 2. The lowest BCUT2D eigenvalue weighted by Crippen LogP contribution is -2.38. The van der Waals surface area contributed by atoms with Crippen LogP contribution in [0.1, 0.15) is 39.4 Å². The molecule has 0 aromatic heterocycles. The number of nitrogens with one attached hydrogen (secondary N) is 1. The van der Waals surface area contributed by atoms with Gasteiger partial charge in [-0.3, -0.25) is 9.59 Å². The molecule has 0 spiro atoms. The van der Waals surface area contributed by atoms with Crippen molar-refractivity contribution in [2.24, 2.45) is 0 Å². The minimum absolute atomic E-state index is 0.0145. The van der Waals surface area contributed by atoms with E-state index in [2.05, 4.69) is 35.6 Å². The van der Waals surface area contributed by atoms with Crippen molar-refractivity contribution in [3.05, 3.63) is 95.1 Å². The van der Waals surface area contributed by atoms with Crippen LogP contribution in [0.2, 0.25) is 0 Å². The Bertz CT molecular complexity index is 1140. The predicted octanol–water partition coefficient (Wildman–Crippen LogP) is 4.25. The number of amides is 2. The molecule has 2 aliphatic rings. The molecule has 1 N–H and O–H groups in total. The lowest BCUT2D eigenvalue weighted by atomic mass is 9.84. The molecule has 5 heteroatoms. The van der Waals surface area contributed by atoms with E-state index in [9.17, 15) is 9.59 Å². The second-order valence-electron chi connectivity index (χ2n) is 8.30. The minimum Gasteiger partial charge on any atom is -0.372 e. The normalized spacial score (nSPS) is 18.0. The fourth-order valence-electron chi connectivity index (χ4n) is 4.62. The second kappa shape index (κ2) is 7.91. The Balaban J connectivity index is 1.48. The molecule has 3 aromatic carbocycles. The van der Waals surface area contributed by atoms with Crippen molar-refractivity contribution in [3.8, 4) is 0 Å². The Kier molecular flexibility index (Phi) is 4.94. The molecule has 0 radical (unpaired) electrons. The zero-order chi connectivity index (χ0) is 21.4. The van der Waals surface area contributed by atoms with Gasteiger partial charge < -0.3 is 15.1 Å². The van der Waals surface area contributed by atoms with Crippen LogP contribution < -0.4 is 10.2 Å². The SMILES string of the molecule is CN1CCC(=O)Nc2cc(C(=O)N3Cc4ccccc4C(c4ccccc4)C3)ccc21. The van der Waals surface area contributed by atoms with Gasteiger partial charge in [0.2, 0.25) is 5.91 Å². The summed E-state index contributed by atoms with van der Waals surface area (Å²) in [4.78, 5) is 29.6. The van der Waals surface area contributed by atoms with E-state index < -0.39 is 0 Å². The van der Waals surface area contributed by atoms with E-state index in [-0.39, 0.29) is 17.7 Å². The van der Waals surface area contributed by atoms with Crippen LogP contribution in [0.5, 0.6) is 0 Å². The van der Waals surface area contributed by atoms with Crippen LogP contribution in [-0.2, 0) is 11.3 Å². The van der Waals surface area contributed by atoms with E-state index in [1.807, 2.05) is 59.3 Å². The maximum atomic E-state index is 13.5. The Labute approximate surface area is 182 Å². The molecule has 2 heterocycles. The van der Waals surface area contributed by atoms with E-state index in [4.69, 9.17) is 0 Å². The molecular formula is C26H25N3O2. The van der Waals surface area contributed by atoms with Crippen LogP contribution in [0.25, 0.3) is 0 Å². The van der Waals surface area contributed by atoms with Crippen molar-refractivity contribution in [1.82, 2.24) is 4.90 Å². The van der Waals surface area contributed by atoms with Crippen LogP contribution in [0, 0.1) is 0 Å². The molecule has 0 bridgehead atoms. The highest BCUT2D eigenvalue weighted by Crippen LogP contribution is 2.35. The maximum absolute atomic E-state index is 13.5. The largest absolute Gasteiger partial charge is 0.372 e. The molecule has 0 saturated heterocycles. The first-order valence-corrected chi connectivity index (χ1v) is 10.7. The Hall–Kier alpha value is -3.60. The predicted molar refractivity (Wildman–Crippen MR) is 122 cm³/mol. The molecule has 31 heavy (non-hydrogen) atoms. The number of rotatable bonds is 2. The summed E-state index contributed by atoms with van der Waals surface area (Å²) in [6.45, 7) is 1.87. The highest BCUT2D eigenvalue weighted by atomic mass is 16.2. The maximum Gasteiger partial charge on any atom is 0.254 e.